The van der Waals surface area contributed by atoms with E-state index in [4.69, 9.17) is 18.6 Å². The Labute approximate surface area is 426 Å². The normalized spacial score (nSPS) is 19.8. The topological polar surface area (TPSA) is 36.9 Å². The van der Waals surface area contributed by atoms with Gasteiger partial charge in [0, 0.05) is 30.1 Å². The van der Waals surface area contributed by atoms with Gasteiger partial charge in [-0.15, -0.1) is 22.7 Å². The average Bonchev–Trinajstić information content (AvgIpc) is 4.11. The summed E-state index contributed by atoms with van der Waals surface area (Å²) >= 11 is 3.99. The number of thiophene rings is 2. The molecule has 0 bridgehead atoms. The Kier molecular flexibility index (Phi) is 18.6. The zero-order valence-electron chi connectivity index (χ0n) is 45.7. The summed E-state index contributed by atoms with van der Waals surface area (Å²) < 4.78 is 30.0. The van der Waals surface area contributed by atoms with Crippen molar-refractivity contribution in [3.63, 3.8) is 0 Å². The predicted octanol–water partition coefficient (Wildman–Crippen LogP) is 17.9. The molecule has 378 valence electrons. The summed E-state index contributed by atoms with van der Waals surface area (Å²) in [7, 11) is -0.677. The van der Waals surface area contributed by atoms with E-state index in [0.29, 0.717) is 0 Å². The second-order valence-electron chi connectivity index (χ2n) is 24.1. The molecule has 2 fully saturated rings. The second kappa shape index (κ2) is 23.2. The summed E-state index contributed by atoms with van der Waals surface area (Å²) in [5, 5.41) is 0. The third-order valence-corrected chi connectivity index (χ3v) is 20.4. The maximum absolute atomic E-state index is 6.86. The molecule has 4 nitrogen and oxygen atoms in total. The van der Waals surface area contributed by atoms with E-state index in [2.05, 4.69) is 107 Å². The lowest BCUT2D eigenvalue weighted by molar-refractivity contribution is 0.00578. The highest BCUT2D eigenvalue weighted by atomic mass is 32.1. The van der Waals surface area contributed by atoms with E-state index in [0.717, 1.165) is 0 Å². The predicted molar refractivity (Wildman–Crippen MR) is 298 cm³/mol. The lowest BCUT2D eigenvalue weighted by Gasteiger charge is -2.35. The fourth-order valence-corrected chi connectivity index (χ4v) is 14.8. The molecule has 0 amide bonds. The van der Waals surface area contributed by atoms with E-state index in [1.165, 1.54) is 210 Å². The molecule has 2 saturated heterocycles. The average molecular weight is 967 g/mol. The highest BCUT2D eigenvalue weighted by Crippen LogP contribution is 2.63. The van der Waals surface area contributed by atoms with Crippen molar-refractivity contribution in [3.8, 4) is 20.9 Å². The van der Waals surface area contributed by atoms with Crippen LogP contribution in [0.3, 0.4) is 0 Å². The van der Waals surface area contributed by atoms with E-state index >= 15 is 0 Å². The Morgan fingerprint density at radius 3 is 0.853 bits per heavy atom. The molecular weight excluding hydrogens is 870 g/mol. The summed E-state index contributed by atoms with van der Waals surface area (Å²) in [6.07, 6.45) is 36.5. The molecule has 4 aliphatic rings. The van der Waals surface area contributed by atoms with Crippen molar-refractivity contribution in [2.75, 3.05) is 0 Å². The molecule has 3 aromatic rings. The van der Waals surface area contributed by atoms with Gasteiger partial charge in [0.2, 0.25) is 0 Å². The molecule has 0 spiro atoms. The van der Waals surface area contributed by atoms with E-state index in [-0.39, 0.29) is 47.5 Å². The number of hydrogen-bond acceptors (Lipinski definition) is 6. The molecule has 2 aliphatic carbocycles. The SMILES string of the molecule is CCCCCCCCC1(CCCCCCCC)c2cc3c(cc2-c2sc(B4OC(C)(C)C(C)(C)O4)cc21)C(CCCCCCCC)(CCCCCCCC)c1cc(B2OC(C)(C)C(C)(C)O2)sc1-3. The van der Waals surface area contributed by atoms with Gasteiger partial charge >= 0.3 is 14.2 Å². The van der Waals surface area contributed by atoms with Gasteiger partial charge in [-0.2, -0.15) is 0 Å². The molecule has 0 atom stereocenters. The Balaban J connectivity index is 1.38. The quantitative estimate of drug-likeness (QED) is 0.0493. The first-order chi connectivity index (χ1) is 32.5. The van der Waals surface area contributed by atoms with Crippen LogP contribution in [0.15, 0.2) is 24.3 Å². The molecule has 7 rings (SSSR count). The standard InChI is InChI=1S/C60H96B2O4S2/c1-13-17-21-25-29-33-37-59(38-34-30-26-22-18-14-2)47-41-46-48(42-45(47)53-49(59)43-51(67-53)61-63-55(5,6)56(7,8)64-61)60(39-35-31-27-23-19-15-3,40-36-32-28-24-20-16-4)50-44-52(68-54(46)50)62-65-57(9,10)58(11,12)66-62/h41-44H,13-40H2,1-12H3. The third kappa shape index (κ3) is 11.2. The van der Waals surface area contributed by atoms with Gasteiger partial charge < -0.3 is 18.6 Å². The van der Waals surface area contributed by atoms with Crippen LogP contribution in [-0.2, 0) is 29.4 Å². The van der Waals surface area contributed by atoms with E-state index in [1.54, 1.807) is 22.3 Å². The van der Waals surface area contributed by atoms with Crippen molar-refractivity contribution >= 4 is 46.5 Å². The van der Waals surface area contributed by atoms with Crippen LogP contribution in [0.4, 0.5) is 0 Å². The summed E-state index contributed by atoms with van der Waals surface area (Å²) in [6, 6.07) is 10.8. The first-order valence-corrected chi connectivity index (χ1v) is 30.3. The number of unbranched alkanes of at least 4 members (excludes halogenated alkanes) is 20. The zero-order chi connectivity index (χ0) is 48.8. The molecule has 8 heteroatoms. The van der Waals surface area contributed by atoms with Crippen LogP contribution in [0.25, 0.3) is 20.9 Å². The molecule has 0 radical (unpaired) electrons. The van der Waals surface area contributed by atoms with Gasteiger partial charge in [0.15, 0.2) is 0 Å². The van der Waals surface area contributed by atoms with Gasteiger partial charge in [-0.1, -0.05) is 182 Å². The monoisotopic (exact) mass is 967 g/mol. The first kappa shape index (κ1) is 54.4. The molecule has 0 N–H and O–H groups in total. The van der Waals surface area contributed by atoms with E-state index < -0.39 is 0 Å². The number of rotatable bonds is 30. The van der Waals surface area contributed by atoms with Crippen LogP contribution < -0.4 is 9.55 Å². The Morgan fingerprint density at radius 1 is 0.338 bits per heavy atom. The van der Waals surface area contributed by atoms with Gasteiger partial charge in [0.25, 0.3) is 0 Å². The zero-order valence-corrected chi connectivity index (χ0v) is 47.3. The van der Waals surface area contributed by atoms with Crippen LogP contribution in [0.1, 0.15) is 285 Å². The van der Waals surface area contributed by atoms with Crippen LogP contribution in [0, 0.1) is 0 Å². The van der Waals surface area contributed by atoms with Crippen molar-refractivity contribution in [2.45, 2.75) is 296 Å². The molecule has 2 aliphatic heterocycles. The number of hydrogen-bond donors (Lipinski definition) is 0. The van der Waals surface area contributed by atoms with Crippen LogP contribution in [0.2, 0.25) is 0 Å². The minimum atomic E-state index is -0.373. The molecular formula is C60H96B2O4S2. The summed E-state index contributed by atoms with van der Waals surface area (Å²) in [4.78, 5) is 3.01. The van der Waals surface area contributed by atoms with E-state index in [9.17, 15) is 0 Å². The maximum Gasteiger partial charge on any atom is 0.505 e. The highest BCUT2D eigenvalue weighted by molar-refractivity contribution is 7.26. The fourth-order valence-electron chi connectivity index (χ4n) is 12.3. The van der Waals surface area contributed by atoms with Gasteiger partial charge in [0.1, 0.15) is 0 Å². The molecule has 68 heavy (non-hydrogen) atoms. The van der Waals surface area contributed by atoms with Crippen molar-refractivity contribution in [2.24, 2.45) is 0 Å². The first-order valence-electron chi connectivity index (χ1n) is 28.7. The lowest BCUT2D eigenvalue weighted by atomic mass is 9.68. The third-order valence-electron chi connectivity index (χ3n) is 18.0. The largest absolute Gasteiger partial charge is 0.505 e. The number of fused-ring (bicyclic) bond motifs is 6. The highest BCUT2D eigenvalue weighted by Gasteiger charge is 2.56. The van der Waals surface area contributed by atoms with Crippen LogP contribution >= 0.6 is 22.7 Å². The molecule has 1 aromatic carbocycles. The van der Waals surface area contributed by atoms with Gasteiger partial charge in [-0.3, -0.25) is 0 Å². The van der Waals surface area contributed by atoms with E-state index in [1.807, 2.05) is 22.7 Å². The van der Waals surface area contributed by atoms with Crippen molar-refractivity contribution in [1.29, 1.82) is 0 Å². The van der Waals surface area contributed by atoms with Gasteiger partial charge in [0.05, 0.1) is 22.4 Å². The number of benzene rings is 1. The molecule has 2 aromatic heterocycles. The Hall–Kier alpha value is -1.41. The summed E-state index contributed by atoms with van der Waals surface area (Å²) in [5.41, 5.74) is 7.91. The fraction of sp³-hybridized carbons (Fsp3) is 0.767. The van der Waals surface area contributed by atoms with Crippen LogP contribution in [-0.4, -0.2) is 36.6 Å². The maximum atomic E-state index is 6.86. The van der Waals surface area contributed by atoms with Gasteiger partial charge in [-0.25, -0.2) is 0 Å². The molecule has 0 saturated carbocycles. The smallest absolute Gasteiger partial charge is 0.399 e. The molecule has 4 heterocycles. The lowest BCUT2D eigenvalue weighted by Crippen LogP contribution is -2.41. The Morgan fingerprint density at radius 2 is 0.588 bits per heavy atom. The van der Waals surface area contributed by atoms with Crippen molar-refractivity contribution < 1.29 is 18.6 Å². The van der Waals surface area contributed by atoms with Crippen LogP contribution in [0.5, 0.6) is 0 Å². The minimum absolute atomic E-state index is 0.0244. The van der Waals surface area contributed by atoms with Crippen molar-refractivity contribution in [3.05, 3.63) is 46.5 Å². The summed E-state index contributed by atoms with van der Waals surface area (Å²) in [6.45, 7) is 27.0. The minimum Gasteiger partial charge on any atom is -0.399 e. The second-order valence-corrected chi connectivity index (χ2v) is 26.3. The summed E-state index contributed by atoms with van der Waals surface area (Å²) in [5.74, 6) is 0. The van der Waals surface area contributed by atoms with Gasteiger partial charge in [-0.05, 0) is 139 Å². The molecule has 0 unspecified atom stereocenters. The van der Waals surface area contributed by atoms with Crippen molar-refractivity contribution in [1.82, 2.24) is 0 Å². The Bertz CT molecular complexity index is 1870.